The van der Waals surface area contributed by atoms with Gasteiger partial charge >= 0.3 is 5.97 Å². The second-order valence-corrected chi connectivity index (χ2v) is 2.48. The Balaban J connectivity index is 3.28. The summed E-state index contributed by atoms with van der Waals surface area (Å²) in [6.07, 6.45) is 0.675. The predicted molar refractivity (Wildman–Crippen MR) is 44.0 cm³/mol. The van der Waals surface area contributed by atoms with Gasteiger partial charge in [0.1, 0.15) is 5.82 Å². The third-order valence-electron chi connectivity index (χ3n) is 1.73. The predicted octanol–water partition coefficient (Wildman–Crippen LogP) is 0.263. The van der Waals surface area contributed by atoms with Gasteiger partial charge in [-0.05, 0) is 0 Å². The Morgan fingerprint density at radius 1 is 1.75 bits per heavy atom. The van der Waals surface area contributed by atoms with E-state index in [1.165, 1.54) is 4.57 Å². The molecule has 12 heavy (non-hydrogen) atoms. The minimum absolute atomic E-state index is 0.0619. The Morgan fingerprint density at radius 3 is 2.58 bits per heavy atom. The number of aryl methyl sites for hydroxylation is 1. The third-order valence-corrected chi connectivity index (χ3v) is 1.73. The molecule has 66 valence electrons. The zero-order chi connectivity index (χ0) is 9.30. The molecule has 0 aliphatic rings. The molecule has 0 spiro atoms. The Hall–Kier alpha value is -1.52. The molecule has 5 heteroatoms. The molecule has 0 atom stereocenters. The monoisotopic (exact) mass is 169 g/mol. The van der Waals surface area contributed by atoms with Gasteiger partial charge in [0.05, 0.1) is 0 Å². The molecular formula is C7H11N3O2. The SMILES string of the molecule is CCc1nc(N)c(C(=O)O)n1C. The van der Waals surface area contributed by atoms with Crippen LogP contribution in [0.3, 0.4) is 0 Å². The van der Waals surface area contributed by atoms with E-state index in [-0.39, 0.29) is 11.5 Å². The first-order chi connectivity index (χ1) is 5.57. The summed E-state index contributed by atoms with van der Waals surface area (Å²) in [4.78, 5) is 14.5. The molecular weight excluding hydrogens is 158 g/mol. The van der Waals surface area contributed by atoms with Crippen LogP contribution in [-0.2, 0) is 13.5 Å². The lowest BCUT2D eigenvalue weighted by atomic mass is 10.4. The highest BCUT2D eigenvalue weighted by atomic mass is 16.4. The summed E-state index contributed by atoms with van der Waals surface area (Å²) in [5.74, 6) is -0.269. The molecule has 0 saturated heterocycles. The van der Waals surface area contributed by atoms with E-state index in [9.17, 15) is 4.79 Å². The topological polar surface area (TPSA) is 81.1 Å². The van der Waals surface area contributed by atoms with Crippen LogP contribution < -0.4 is 5.73 Å². The van der Waals surface area contributed by atoms with Crippen LogP contribution in [0.4, 0.5) is 5.82 Å². The smallest absolute Gasteiger partial charge is 0.356 e. The van der Waals surface area contributed by atoms with Gasteiger partial charge in [-0.1, -0.05) is 6.92 Å². The van der Waals surface area contributed by atoms with E-state index >= 15 is 0 Å². The van der Waals surface area contributed by atoms with Gasteiger partial charge in [-0.15, -0.1) is 0 Å². The van der Waals surface area contributed by atoms with Gasteiger partial charge in [0, 0.05) is 13.5 Å². The number of aromatic nitrogens is 2. The fourth-order valence-corrected chi connectivity index (χ4v) is 1.14. The van der Waals surface area contributed by atoms with Crippen LogP contribution in [0.5, 0.6) is 0 Å². The number of hydrogen-bond acceptors (Lipinski definition) is 3. The van der Waals surface area contributed by atoms with E-state index in [1.807, 2.05) is 6.92 Å². The van der Waals surface area contributed by atoms with Crippen molar-refractivity contribution in [2.24, 2.45) is 7.05 Å². The van der Waals surface area contributed by atoms with E-state index in [0.717, 1.165) is 0 Å². The number of carboxylic acid groups (broad SMARTS) is 1. The van der Waals surface area contributed by atoms with E-state index in [2.05, 4.69) is 4.98 Å². The molecule has 1 aromatic heterocycles. The highest BCUT2D eigenvalue weighted by Gasteiger charge is 2.16. The normalized spacial score (nSPS) is 10.2. The van der Waals surface area contributed by atoms with Crippen molar-refractivity contribution in [2.45, 2.75) is 13.3 Å². The van der Waals surface area contributed by atoms with Gasteiger partial charge in [0.25, 0.3) is 0 Å². The maximum atomic E-state index is 10.6. The molecule has 1 rings (SSSR count). The number of hydrogen-bond donors (Lipinski definition) is 2. The molecule has 1 aromatic rings. The van der Waals surface area contributed by atoms with E-state index in [1.54, 1.807) is 7.05 Å². The molecule has 0 aliphatic carbocycles. The van der Waals surface area contributed by atoms with Gasteiger partial charge in [0.2, 0.25) is 0 Å². The van der Waals surface area contributed by atoms with E-state index in [0.29, 0.717) is 12.2 Å². The number of nitrogens with two attached hydrogens (primary N) is 1. The number of nitrogen functional groups attached to an aromatic ring is 1. The van der Waals surface area contributed by atoms with Gasteiger partial charge in [-0.2, -0.15) is 0 Å². The lowest BCUT2D eigenvalue weighted by Crippen LogP contribution is -2.08. The number of carbonyl (C=O) groups is 1. The third kappa shape index (κ3) is 1.13. The lowest BCUT2D eigenvalue weighted by molar-refractivity contribution is 0.0687. The summed E-state index contributed by atoms with van der Waals surface area (Å²) >= 11 is 0. The van der Waals surface area contributed by atoms with Gasteiger partial charge in [-0.3, -0.25) is 0 Å². The Bertz CT molecular complexity index is 317. The van der Waals surface area contributed by atoms with Gasteiger partial charge in [0.15, 0.2) is 11.5 Å². The van der Waals surface area contributed by atoms with Crippen molar-refractivity contribution in [2.75, 3.05) is 5.73 Å². The second kappa shape index (κ2) is 2.84. The first kappa shape index (κ1) is 8.58. The van der Waals surface area contributed by atoms with Crippen molar-refractivity contribution in [1.82, 2.24) is 9.55 Å². The van der Waals surface area contributed by atoms with E-state index in [4.69, 9.17) is 10.8 Å². The molecule has 0 aliphatic heterocycles. The first-order valence-corrected chi connectivity index (χ1v) is 3.62. The fourth-order valence-electron chi connectivity index (χ4n) is 1.14. The van der Waals surface area contributed by atoms with Crippen molar-refractivity contribution in [3.8, 4) is 0 Å². The van der Waals surface area contributed by atoms with Crippen LogP contribution in [0.2, 0.25) is 0 Å². The molecule has 3 N–H and O–H groups in total. The average Bonchev–Trinajstić information content (AvgIpc) is 2.25. The van der Waals surface area contributed by atoms with Crippen LogP contribution in [-0.4, -0.2) is 20.6 Å². The second-order valence-electron chi connectivity index (χ2n) is 2.48. The average molecular weight is 169 g/mol. The maximum absolute atomic E-state index is 10.6. The molecule has 0 radical (unpaired) electrons. The van der Waals surface area contributed by atoms with Crippen LogP contribution in [0.25, 0.3) is 0 Å². The minimum atomic E-state index is -1.04. The summed E-state index contributed by atoms with van der Waals surface area (Å²) in [5.41, 5.74) is 5.47. The summed E-state index contributed by atoms with van der Waals surface area (Å²) in [6.45, 7) is 1.90. The maximum Gasteiger partial charge on any atom is 0.356 e. The molecule has 0 unspecified atom stereocenters. The Morgan fingerprint density at radius 2 is 2.33 bits per heavy atom. The van der Waals surface area contributed by atoms with Crippen molar-refractivity contribution in [1.29, 1.82) is 0 Å². The quantitative estimate of drug-likeness (QED) is 0.665. The largest absolute Gasteiger partial charge is 0.476 e. The first-order valence-electron chi connectivity index (χ1n) is 3.62. The Labute approximate surface area is 69.8 Å². The van der Waals surface area contributed by atoms with Crippen molar-refractivity contribution < 1.29 is 9.90 Å². The molecule has 0 amide bonds. The van der Waals surface area contributed by atoms with Crippen LogP contribution in [0.15, 0.2) is 0 Å². The minimum Gasteiger partial charge on any atom is -0.476 e. The number of carboxylic acids is 1. The number of anilines is 1. The standard InChI is InChI=1S/C7H11N3O2/c1-3-4-9-6(8)5(7(11)12)10(4)2/h3,8H2,1-2H3,(H,11,12). The van der Waals surface area contributed by atoms with Crippen LogP contribution in [0.1, 0.15) is 23.2 Å². The lowest BCUT2D eigenvalue weighted by Gasteiger charge is -1.98. The molecule has 1 heterocycles. The fraction of sp³-hybridized carbons (Fsp3) is 0.429. The molecule has 0 saturated carbocycles. The molecule has 0 fully saturated rings. The van der Waals surface area contributed by atoms with E-state index < -0.39 is 5.97 Å². The van der Waals surface area contributed by atoms with Gasteiger partial charge < -0.3 is 15.4 Å². The highest BCUT2D eigenvalue weighted by molar-refractivity contribution is 5.90. The summed E-state index contributed by atoms with van der Waals surface area (Å²) in [6, 6.07) is 0. The zero-order valence-electron chi connectivity index (χ0n) is 7.03. The zero-order valence-corrected chi connectivity index (χ0v) is 7.03. The number of imidazole rings is 1. The molecule has 0 bridgehead atoms. The highest BCUT2D eigenvalue weighted by Crippen LogP contribution is 2.12. The van der Waals surface area contributed by atoms with Gasteiger partial charge in [-0.25, -0.2) is 9.78 Å². The molecule has 0 aromatic carbocycles. The number of nitrogens with zero attached hydrogens (tertiary/aromatic N) is 2. The van der Waals surface area contributed by atoms with Crippen LogP contribution >= 0.6 is 0 Å². The van der Waals surface area contributed by atoms with Crippen molar-refractivity contribution >= 4 is 11.8 Å². The van der Waals surface area contributed by atoms with Crippen molar-refractivity contribution in [3.63, 3.8) is 0 Å². The molecule has 5 nitrogen and oxygen atoms in total. The number of rotatable bonds is 2. The Kier molecular flexibility index (Phi) is 2.03. The van der Waals surface area contributed by atoms with Crippen molar-refractivity contribution in [3.05, 3.63) is 11.5 Å². The summed E-state index contributed by atoms with van der Waals surface area (Å²) in [7, 11) is 1.64. The summed E-state index contributed by atoms with van der Waals surface area (Å²) < 4.78 is 1.50. The summed E-state index contributed by atoms with van der Waals surface area (Å²) in [5, 5.41) is 8.71. The van der Waals surface area contributed by atoms with Crippen LogP contribution in [0, 0.1) is 0 Å². The number of aromatic carboxylic acids is 1.